The number of hydrogen-bond donors (Lipinski definition) is 2. The molecule has 0 spiro atoms. The summed E-state index contributed by atoms with van der Waals surface area (Å²) in [6.45, 7) is 0. The predicted octanol–water partition coefficient (Wildman–Crippen LogP) is 2.51. The molecule has 0 aromatic heterocycles. The second-order valence-electron chi connectivity index (χ2n) is 4.97. The molecule has 1 aliphatic rings. The Balaban J connectivity index is 2.00. The number of carboxylic acid groups (broad SMARTS) is 1. The molecule has 0 amide bonds. The summed E-state index contributed by atoms with van der Waals surface area (Å²) in [7, 11) is 1.64. The first-order valence-electron chi connectivity index (χ1n) is 6.36. The lowest BCUT2D eigenvalue weighted by Crippen LogP contribution is -2.51. The molecule has 1 fully saturated rings. The first kappa shape index (κ1) is 14.2. The molecule has 1 aromatic carbocycles. The van der Waals surface area contributed by atoms with Crippen LogP contribution in [0.3, 0.4) is 0 Å². The van der Waals surface area contributed by atoms with Gasteiger partial charge in [0.25, 0.3) is 0 Å². The lowest BCUT2D eigenvalue weighted by molar-refractivity contribution is -0.144. The van der Waals surface area contributed by atoms with Gasteiger partial charge in [0.2, 0.25) is 0 Å². The van der Waals surface area contributed by atoms with Gasteiger partial charge in [0, 0.05) is 10.1 Å². The third-order valence-electron chi connectivity index (χ3n) is 3.53. The Labute approximate surface area is 117 Å². The molecular weight excluding hydrogens is 262 g/mol. The van der Waals surface area contributed by atoms with Crippen LogP contribution >= 0.6 is 11.8 Å². The smallest absolute Gasteiger partial charge is 0.323 e. The molecule has 19 heavy (non-hydrogen) atoms. The van der Waals surface area contributed by atoms with E-state index in [1.54, 1.807) is 18.9 Å². The molecule has 104 valence electrons. The minimum atomic E-state index is -1.05. The van der Waals surface area contributed by atoms with E-state index in [-0.39, 0.29) is 5.25 Å². The van der Waals surface area contributed by atoms with E-state index in [0.717, 1.165) is 23.5 Å². The van der Waals surface area contributed by atoms with Crippen molar-refractivity contribution < 1.29 is 14.6 Å². The monoisotopic (exact) mass is 281 g/mol. The van der Waals surface area contributed by atoms with E-state index >= 15 is 0 Å². The molecule has 1 saturated carbocycles. The molecule has 4 nitrogen and oxygen atoms in total. The fourth-order valence-electron chi connectivity index (χ4n) is 2.40. The Morgan fingerprint density at radius 3 is 2.74 bits per heavy atom. The van der Waals surface area contributed by atoms with Gasteiger partial charge in [-0.1, -0.05) is 0 Å². The first-order chi connectivity index (χ1) is 9.03. The Hall–Kier alpha value is -1.20. The Kier molecular flexibility index (Phi) is 4.37. The van der Waals surface area contributed by atoms with Gasteiger partial charge in [-0.05, 0) is 49.9 Å². The zero-order chi connectivity index (χ0) is 13.9. The van der Waals surface area contributed by atoms with Gasteiger partial charge >= 0.3 is 5.97 Å². The SMILES string of the molecule is COc1ccc(SC2CCCC(N)(C(=O)O)C2)cc1. The van der Waals surface area contributed by atoms with Gasteiger partial charge in [0.15, 0.2) is 0 Å². The zero-order valence-electron chi connectivity index (χ0n) is 11.0. The summed E-state index contributed by atoms with van der Waals surface area (Å²) in [6.07, 6.45) is 2.99. The fraction of sp³-hybridized carbons (Fsp3) is 0.500. The largest absolute Gasteiger partial charge is 0.497 e. The van der Waals surface area contributed by atoms with Gasteiger partial charge in [-0.25, -0.2) is 0 Å². The lowest BCUT2D eigenvalue weighted by atomic mass is 9.82. The van der Waals surface area contributed by atoms with Crippen molar-refractivity contribution in [2.75, 3.05) is 7.11 Å². The second kappa shape index (κ2) is 5.84. The van der Waals surface area contributed by atoms with E-state index in [9.17, 15) is 9.90 Å². The fourth-order valence-corrected chi connectivity index (χ4v) is 3.74. The van der Waals surface area contributed by atoms with Crippen molar-refractivity contribution in [2.24, 2.45) is 5.73 Å². The number of carbonyl (C=O) groups is 1. The van der Waals surface area contributed by atoms with Gasteiger partial charge in [-0.15, -0.1) is 11.8 Å². The average Bonchev–Trinajstić information content (AvgIpc) is 2.39. The molecule has 2 unspecified atom stereocenters. The van der Waals surface area contributed by atoms with Gasteiger partial charge in [0.1, 0.15) is 11.3 Å². The molecule has 3 N–H and O–H groups in total. The van der Waals surface area contributed by atoms with E-state index in [1.807, 2.05) is 24.3 Å². The van der Waals surface area contributed by atoms with Crippen LogP contribution < -0.4 is 10.5 Å². The second-order valence-corrected chi connectivity index (χ2v) is 6.35. The summed E-state index contributed by atoms with van der Waals surface area (Å²) in [5.74, 6) is -0.0563. The minimum absolute atomic E-state index is 0.267. The van der Waals surface area contributed by atoms with Crippen molar-refractivity contribution in [1.29, 1.82) is 0 Å². The Morgan fingerprint density at radius 2 is 2.16 bits per heavy atom. The van der Waals surface area contributed by atoms with Crippen molar-refractivity contribution in [3.8, 4) is 5.75 Å². The molecule has 1 aliphatic carbocycles. The van der Waals surface area contributed by atoms with Crippen molar-refractivity contribution in [3.63, 3.8) is 0 Å². The summed E-state index contributed by atoms with van der Waals surface area (Å²) in [4.78, 5) is 12.3. The number of aliphatic carboxylic acids is 1. The van der Waals surface area contributed by atoms with Gasteiger partial charge < -0.3 is 15.6 Å². The molecule has 0 saturated heterocycles. The van der Waals surface area contributed by atoms with Crippen LogP contribution in [-0.4, -0.2) is 29.0 Å². The molecule has 0 radical (unpaired) electrons. The number of ether oxygens (including phenoxy) is 1. The third-order valence-corrected chi connectivity index (χ3v) is 4.81. The van der Waals surface area contributed by atoms with Crippen LogP contribution in [0.5, 0.6) is 5.75 Å². The summed E-state index contributed by atoms with van der Waals surface area (Å²) in [6, 6.07) is 7.82. The Bertz CT molecular complexity index is 449. The number of thioether (sulfide) groups is 1. The van der Waals surface area contributed by atoms with Gasteiger partial charge in [-0.2, -0.15) is 0 Å². The molecule has 2 rings (SSSR count). The van der Waals surface area contributed by atoms with Gasteiger partial charge in [0.05, 0.1) is 7.11 Å². The van der Waals surface area contributed by atoms with Crippen molar-refractivity contribution in [3.05, 3.63) is 24.3 Å². The highest BCUT2D eigenvalue weighted by molar-refractivity contribution is 8.00. The first-order valence-corrected chi connectivity index (χ1v) is 7.24. The minimum Gasteiger partial charge on any atom is -0.497 e. The maximum Gasteiger partial charge on any atom is 0.323 e. The predicted molar refractivity (Wildman–Crippen MR) is 75.7 cm³/mol. The molecule has 0 heterocycles. The third kappa shape index (κ3) is 3.42. The summed E-state index contributed by atoms with van der Waals surface area (Å²) >= 11 is 1.70. The number of rotatable bonds is 4. The quantitative estimate of drug-likeness (QED) is 0.887. The van der Waals surface area contributed by atoms with E-state index in [4.69, 9.17) is 10.5 Å². The number of hydrogen-bond acceptors (Lipinski definition) is 4. The number of nitrogens with two attached hydrogens (primary N) is 1. The summed E-state index contributed by atoms with van der Waals surface area (Å²) in [5, 5.41) is 9.47. The summed E-state index contributed by atoms with van der Waals surface area (Å²) in [5.41, 5.74) is 4.91. The van der Waals surface area contributed by atoms with Crippen molar-refractivity contribution in [1.82, 2.24) is 0 Å². The number of benzene rings is 1. The molecule has 2 atom stereocenters. The lowest BCUT2D eigenvalue weighted by Gasteiger charge is -2.34. The highest BCUT2D eigenvalue weighted by Gasteiger charge is 2.39. The van der Waals surface area contributed by atoms with Crippen LogP contribution in [0.25, 0.3) is 0 Å². The van der Waals surface area contributed by atoms with Crippen LogP contribution in [0, 0.1) is 0 Å². The zero-order valence-corrected chi connectivity index (χ0v) is 11.8. The topological polar surface area (TPSA) is 72.5 Å². The maximum atomic E-state index is 11.2. The molecular formula is C14H19NO3S. The van der Waals surface area contributed by atoms with Crippen molar-refractivity contribution >= 4 is 17.7 Å². The highest BCUT2D eigenvalue weighted by Crippen LogP contribution is 2.37. The van der Waals surface area contributed by atoms with Crippen LogP contribution in [0.4, 0.5) is 0 Å². The Morgan fingerprint density at radius 1 is 1.47 bits per heavy atom. The average molecular weight is 281 g/mol. The molecule has 0 aliphatic heterocycles. The van der Waals surface area contributed by atoms with Gasteiger partial charge in [-0.3, -0.25) is 4.79 Å². The number of carboxylic acids is 1. The van der Waals surface area contributed by atoms with E-state index in [2.05, 4.69) is 0 Å². The normalized spacial score (nSPS) is 26.9. The molecule has 5 heteroatoms. The van der Waals surface area contributed by atoms with Crippen LogP contribution in [0.15, 0.2) is 29.2 Å². The van der Waals surface area contributed by atoms with E-state index in [0.29, 0.717) is 12.8 Å². The van der Waals surface area contributed by atoms with Crippen molar-refractivity contribution in [2.45, 2.75) is 41.4 Å². The standard InChI is InChI=1S/C14H19NO3S/c1-18-10-4-6-11(7-5-10)19-12-3-2-8-14(15,9-12)13(16)17/h4-7,12H,2-3,8-9,15H2,1H3,(H,16,17). The van der Waals surface area contributed by atoms with Crippen LogP contribution in [-0.2, 0) is 4.79 Å². The van der Waals surface area contributed by atoms with E-state index in [1.165, 1.54) is 0 Å². The van der Waals surface area contributed by atoms with E-state index < -0.39 is 11.5 Å². The van der Waals surface area contributed by atoms with Crippen LogP contribution in [0.1, 0.15) is 25.7 Å². The summed E-state index contributed by atoms with van der Waals surface area (Å²) < 4.78 is 5.12. The molecule has 1 aromatic rings. The highest BCUT2D eigenvalue weighted by atomic mass is 32.2. The number of methoxy groups -OCH3 is 1. The maximum absolute atomic E-state index is 11.2. The van der Waals surface area contributed by atoms with Crippen LogP contribution in [0.2, 0.25) is 0 Å². The molecule has 0 bridgehead atoms.